The van der Waals surface area contributed by atoms with Gasteiger partial charge in [0.05, 0.1) is 21.3 Å². The van der Waals surface area contributed by atoms with Crippen LogP contribution in [0.1, 0.15) is 5.82 Å². The summed E-state index contributed by atoms with van der Waals surface area (Å²) in [5, 5.41) is -0.253. The number of anilines is 1. The lowest BCUT2D eigenvalue weighted by Crippen LogP contribution is -2.14. The number of aromatic nitrogens is 2. The summed E-state index contributed by atoms with van der Waals surface area (Å²) in [6.07, 6.45) is -4.59. The zero-order chi connectivity index (χ0) is 11.2. The van der Waals surface area contributed by atoms with Gasteiger partial charge in [-0.05, 0) is 0 Å². The second-order valence-corrected chi connectivity index (χ2v) is 6.36. The minimum absolute atomic E-state index is 0.125. The van der Waals surface area contributed by atoms with E-state index < -0.39 is 33.3 Å². The average molecular weight is 362 g/mol. The predicted octanol–water partition coefficient (Wildman–Crippen LogP) is 2.75. The molecule has 1 aliphatic rings. The van der Waals surface area contributed by atoms with Crippen LogP contribution >= 0.6 is 32.9 Å². The van der Waals surface area contributed by atoms with Crippen LogP contribution in [-0.2, 0) is 6.18 Å². The Morgan fingerprint density at radius 2 is 2.00 bits per heavy atom. The molecule has 15 heavy (non-hydrogen) atoms. The van der Waals surface area contributed by atoms with Gasteiger partial charge in [0, 0.05) is 0 Å². The first-order chi connectivity index (χ1) is 6.89. The van der Waals surface area contributed by atoms with Gasteiger partial charge >= 0.3 is 22.7 Å². The largest absolute Gasteiger partial charge is 0.451 e. The zero-order valence-corrected chi connectivity index (χ0v) is 10.8. The normalized spacial score (nSPS) is 15.1. The summed E-state index contributed by atoms with van der Waals surface area (Å²) in [4.78, 5) is 6.55. The van der Waals surface area contributed by atoms with Crippen LogP contribution in [0.2, 0.25) is 5.15 Å². The van der Waals surface area contributed by atoms with Crippen LogP contribution in [-0.4, -0.2) is 26.5 Å². The van der Waals surface area contributed by atoms with Crippen LogP contribution in [0.3, 0.4) is 0 Å². The minimum atomic E-state index is -4.59. The van der Waals surface area contributed by atoms with Gasteiger partial charge in [0.2, 0.25) is 5.82 Å². The van der Waals surface area contributed by atoms with E-state index in [0.29, 0.717) is 0 Å². The molecule has 0 amide bonds. The molecule has 0 atom stereocenters. The molecule has 0 saturated carbocycles. The molecule has 78 valence electrons. The number of alkyl halides is 3. The standard InChI is InChI=1S/C5ClF3IN4.Al/c6-2-1-3(14-10-13-1)12-4(11-2)5(7,8)9;/q-1;+1. The summed E-state index contributed by atoms with van der Waals surface area (Å²) in [6.45, 7) is 0. The van der Waals surface area contributed by atoms with E-state index in [2.05, 4.69) is 29.6 Å². The SMILES string of the molecule is FC(F)(F)c1nc(Cl)c2c(n1)[N]([Al])I=N2. The Kier molecular flexibility index (Phi) is 2.91. The Bertz CT molecular complexity index is 451. The number of rotatable bonds is 0. The number of hydrogen-bond acceptors (Lipinski definition) is 4. The van der Waals surface area contributed by atoms with Gasteiger partial charge in [-0.3, -0.25) is 0 Å². The third-order valence-electron chi connectivity index (χ3n) is 1.48. The third-order valence-corrected chi connectivity index (χ3v) is 4.20. The van der Waals surface area contributed by atoms with Gasteiger partial charge in [-0.1, -0.05) is 11.6 Å². The van der Waals surface area contributed by atoms with E-state index in [0.717, 1.165) is 0 Å². The smallest absolute Gasteiger partial charge is 0.403 e. The average Bonchev–Trinajstić information content (AvgIpc) is 2.47. The van der Waals surface area contributed by atoms with Crippen molar-refractivity contribution in [3.8, 4) is 0 Å². The Balaban J connectivity index is 2.59. The second-order valence-electron chi connectivity index (χ2n) is 2.48. The molecule has 1 aromatic rings. The highest BCUT2D eigenvalue weighted by atomic mass is 127. The van der Waals surface area contributed by atoms with Crippen molar-refractivity contribution in [3.05, 3.63) is 11.0 Å². The molecule has 0 spiro atoms. The lowest BCUT2D eigenvalue weighted by Gasteiger charge is -2.11. The van der Waals surface area contributed by atoms with Gasteiger partial charge in [-0.2, -0.15) is 13.2 Å². The molecule has 0 N–H and O–H groups in total. The number of hydrogen-bond donors (Lipinski definition) is 0. The van der Waals surface area contributed by atoms with Crippen molar-refractivity contribution >= 4 is 60.9 Å². The van der Waals surface area contributed by atoms with Crippen molar-refractivity contribution in [1.29, 1.82) is 0 Å². The van der Waals surface area contributed by atoms with Crippen LogP contribution in [0, 0.1) is 0 Å². The Hall–Kier alpha value is 0.0225. The fraction of sp³-hybridized carbons (Fsp3) is 0.200. The molecule has 2 rings (SSSR count). The van der Waals surface area contributed by atoms with Crippen molar-refractivity contribution in [3.63, 3.8) is 0 Å². The molecule has 2 radical (unpaired) electrons. The highest BCUT2D eigenvalue weighted by molar-refractivity contribution is 14.2. The number of nitrogens with zero attached hydrogens (tertiary/aromatic N) is 4. The van der Waals surface area contributed by atoms with Crippen LogP contribution in [0.15, 0.2) is 3.15 Å². The van der Waals surface area contributed by atoms with E-state index in [4.69, 9.17) is 11.6 Å². The highest BCUT2D eigenvalue weighted by Crippen LogP contribution is 2.44. The van der Waals surface area contributed by atoms with Gasteiger partial charge < -0.3 is 2.10 Å². The topological polar surface area (TPSA) is 41.4 Å². The first kappa shape index (κ1) is 11.5. The molecule has 1 aromatic heterocycles. The van der Waals surface area contributed by atoms with E-state index in [1.807, 2.05) is 0 Å². The van der Waals surface area contributed by atoms with Gasteiger partial charge in [0.15, 0.2) is 5.15 Å². The van der Waals surface area contributed by atoms with E-state index in [-0.39, 0.29) is 16.7 Å². The van der Waals surface area contributed by atoms with Crippen LogP contribution < -0.4 is 2.10 Å². The summed E-state index contributed by atoms with van der Waals surface area (Å²) in [6, 6.07) is 0. The maximum atomic E-state index is 12.3. The van der Waals surface area contributed by atoms with E-state index >= 15 is 0 Å². The molecular formula is C5AlClF3IN4. The van der Waals surface area contributed by atoms with Gasteiger partial charge in [0.1, 0.15) is 11.5 Å². The fourth-order valence-corrected chi connectivity index (χ4v) is 3.13. The number of fused-ring (bicyclic) bond motifs is 1. The van der Waals surface area contributed by atoms with Crippen LogP contribution in [0.4, 0.5) is 24.7 Å². The van der Waals surface area contributed by atoms with E-state index in [1.54, 1.807) is 0 Å². The van der Waals surface area contributed by atoms with Crippen molar-refractivity contribution in [2.75, 3.05) is 2.10 Å². The van der Waals surface area contributed by atoms with Crippen molar-refractivity contribution in [2.24, 2.45) is 3.15 Å². The van der Waals surface area contributed by atoms with Crippen molar-refractivity contribution in [2.45, 2.75) is 6.18 Å². The Morgan fingerprint density at radius 3 is 2.60 bits per heavy atom. The van der Waals surface area contributed by atoms with Gasteiger partial charge in [-0.25, -0.2) is 13.1 Å². The van der Waals surface area contributed by atoms with Crippen LogP contribution in [0.5, 0.6) is 0 Å². The molecule has 0 aromatic carbocycles. The van der Waals surface area contributed by atoms with Crippen molar-refractivity contribution < 1.29 is 13.2 Å². The zero-order valence-electron chi connectivity index (χ0n) is 6.76. The molecule has 0 bridgehead atoms. The second kappa shape index (κ2) is 3.80. The monoisotopic (exact) mass is 362 g/mol. The Morgan fingerprint density at radius 1 is 1.33 bits per heavy atom. The fourth-order valence-electron chi connectivity index (χ4n) is 0.879. The lowest BCUT2D eigenvalue weighted by molar-refractivity contribution is -0.144. The quantitative estimate of drug-likeness (QED) is 0.308. The van der Waals surface area contributed by atoms with Gasteiger partial charge in [-0.15, -0.1) is 0 Å². The summed E-state index contributed by atoms with van der Waals surface area (Å²) < 4.78 is 42.5. The third kappa shape index (κ3) is 2.11. The minimum Gasteiger partial charge on any atom is -0.403 e. The maximum Gasteiger partial charge on any atom is 0.451 e. The molecule has 10 heteroatoms. The van der Waals surface area contributed by atoms with Gasteiger partial charge in [0.25, 0.3) is 0 Å². The molecular weight excluding hydrogens is 362 g/mol. The van der Waals surface area contributed by atoms with E-state index in [9.17, 15) is 13.2 Å². The summed E-state index contributed by atoms with van der Waals surface area (Å²) in [5.41, 5.74) is 0.243. The molecule has 0 fully saturated rings. The van der Waals surface area contributed by atoms with E-state index in [1.165, 1.54) is 2.10 Å². The molecule has 4 nitrogen and oxygen atoms in total. The maximum absolute atomic E-state index is 12.3. The van der Waals surface area contributed by atoms with Crippen molar-refractivity contribution in [1.82, 2.24) is 9.97 Å². The summed E-state index contributed by atoms with van der Waals surface area (Å²) in [7, 11) is 0. The van der Waals surface area contributed by atoms with Crippen LogP contribution in [0.25, 0.3) is 0 Å². The molecule has 2 heterocycles. The lowest BCUT2D eigenvalue weighted by atomic mass is 10.4. The molecule has 1 aliphatic heterocycles. The summed E-state index contributed by atoms with van der Waals surface area (Å²) in [5.74, 6) is -1.11. The summed E-state index contributed by atoms with van der Waals surface area (Å²) >= 11 is 7.09. The Labute approximate surface area is 106 Å². The molecule has 0 unspecified atom stereocenters. The first-order valence-electron chi connectivity index (χ1n) is 3.44. The molecule has 0 saturated heterocycles. The molecule has 0 aliphatic carbocycles. The number of halogens is 5. The first-order valence-corrected chi connectivity index (χ1v) is 6.27. The highest BCUT2D eigenvalue weighted by Gasteiger charge is 2.37. The predicted molar refractivity (Wildman–Crippen MR) is 56.4 cm³/mol.